The smallest absolute Gasteiger partial charge is 0.230 e. The van der Waals surface area contributed by atoms with E-state index in [-0.39, 0.29) is 5.91 Å². The molecule has 2 N–H and O–H groups in total. The molecule has 0 saturated heterocycles. The zero-order valence-corrected chi connectivity index (χ0v) is 15.7. The fourth-order valence-corrected chi connectivity index (χ4v) is 3.20. The van der Waals surface area contributed by atoms with Gasteiger partial charge in [-0.3, -0.25) is 14.6 Å². The van der Waals surface area contributed by atoms with Gasteiger partial charge in [-0.25, -0.2) is 4.98 Å². The van der Waals surface area contributed by atoms with Crippen LogP contribution in [0, 0.1) is 13.8 Å². The first kappa shape index (κ1) is 18.2. The summed E-state index contributed by atoms with van der Waals surface area (Å²) >= 11 is 1.32. The molecule has 1 amide bonds. The lowest BCUT2D eigenvalue weighted by Crippen LogP contribution is -2.27. The number of carbonyl (C=O) groups is 1. The standard InChI is InChI=1S/C18H22N6OS/c1-13-11-14(2)24(23-13)10-6-9-19-16(25)12-26-18-20-17(21-22-18)15-7-4-3-5-8-15/h3-5,7-8,11H,6,9-10,12H2,1-2H3,(H,19,25)(H,20,21,22). The van der Waals surface area contributed by atoms with E-state index in [1.165, 1.54) is 11.8 Å². The largest absolute Gasteiger partial charge is 0.355 e. The highest BCUT2D eigenvalue weighted by molar-refractivity contribution is 7.99. The number of amides is 1. The van der Waals surface area contributed by atoms with Gasteiger partial charge in [-0.15, -0.1) is 5.10 Å². The molecule has 136 valence electrons. The molecule has 0 bridgehead atoms. The van der Waals surface area contributed by atoms with Crippen molar-refractivity contribution in [1.29, 1.82) is 0 Å². The number of nitrogens with zero attached hydrogens (tertiary/aromatic N) is 4. The van der Waals surface area contributed by atoms with Crippen LogP contribution in [-0.2, 0) is 11.3 Å². The molecular weight excluding hydrogens is 348 g/mol. The summed E-state index contributed by atoms with van der Waals surface area (Å²) in [6, 6.07) is 11.8. The summed E-state index contributed by atoms with van der Waals surface area (Å²) in [6.45, 7) is 5.44. The van der Waals surface area contributed by atoms with E-state index in [9.17, 15) is 4.79 Å². The van der Waals surface area contributed by atoms with Crippen LogP contribution in [0.5, 0.6) is 0 Å². The third-order valence-corrected chi connectivity index (χ3v) is 4.66. The predicted octanol–water partition coefficient (Wildman–Crippen LogP) is 2.58. The van der Waals surface area contributed by atoms with Crippen molar-refractivity contribution in [3.05, 3.63) is 47.8 Å². The number of hydrogen-bond acceptors (Lipinski definition) is 5. The fourth-order valence-electron chi connectivity index (χ4n) is 2.58. The first-order chi connectivity index (χ1) is 12.6. The van der Waals surface area contributed by atoms with Gasteiger partial charge in [0.15, 0.2) is 5.82 Å². The number of aryl methyl sites for hydroxylation is 3. The molecule has 2 aromatic heterocycles. The number of thioether (sulfide) groups is 1. The summed E-state index contributed by atoms with van der Waals surface area (Å²) < 4.78 is 1.97. The maximum atomic E-state index is 12.0. The highest BCUT2D eigenvalue weighted by atomic mass is 32.2. The Morgan fingerprint density at radius 2 is 2.08 bits per heavy atom. The van der Waals surface area contributed by atoms with Gasteiger partial charge in [-0.05, 0) is 26.3 Å². The Bertz CT molecular complexity index is 858. The van der Waals surface area contributed by atoms with Crippen molar-refractivity contribution in [2.45, 2.75) is 32.0 Å². The molecule has 0 fully saturated rings. The van der Waals surface area contributed by atoms with Crippen LogP contribution in [0.3, 0.4) is 0 Å². The highest BCUT2D eigenvalue weighted by Gasteiger charge is 2.08. The van der Waals surface area contributed by atoms with Crippen LogP contribution in [0.2, 0.25) is 0 Å². The van der Waals surface area contributed by atoms with E-state index in [1.807, 2.05) is 48.9 Å². The summed E-state index contributed by atoms with van der Waals surface area (Å²) in [5, 5.41) is 15.0. The fraction of sp³-hybridized carbons (Fsp3) is 0.333. The molecular formula is C18H22N6OS. The van der Waals surface area contributed by atoms with Crippen molar-refractivity contribution >= 4 is 17.7 Å². The van der Waals surface area contributed by atoms with Gasteiger partial charge in [-0.1, -0.05) is 42.1 Å². The Morgan fingerprint density at radius 3 is 2.81 bits per heavy atom. The molecule has 0 unspecified atom stereocenters. The van der Waals surface area contributed by atoms with E-state index in [4.69, 9.17) is 0 Å². The second kappa shape index (κ2) is 8.66. The van der Waals surface area contributed by atoms with Gasteiger partial charge in [0.25, 0.3) is 0 Å². The number of carbonyl (C=O) groups excluding carboxylic acids is 1. The van der Waals surface area contributed by atoms with Crippen LogP contribution in [-0.4, -0.2) is 43.2 Å². The highest BCUT2D eigenvalue weighted by Crippen LogP contribution is 2.18. The van der Waals surface area contributed by atoms with Crippen molar-refractivity contribution in [1.82, 2.24) is 30.3 Å². The summed E-state index contributed by atoms with van der Waals surface area (Å²) in [5.41, 5.74) is 3.13. The molecule has 2 heterocycles. The Morgan fingerprint density at radius 1 is 1.27 bits per heavy atom. The van der Waals surface area contributed by atoms with E-state index in [1.54, 1.807) is 0 Å². The van der Waals surface area contributed by atoms with E-state index < -0.39 is 0 Å². The molecule has 0 radical (unpaired) electrons. The van der Waals surface area contributed by atoms with E-state index in [2.05, 4.69) is 31.7 Å². The van der Waals surface area contributed by atoms with Crippen molar-refractivity contribution in [3.63, 3.8) is 0 Å². The molecule has 3 aromatic rings. The summed E-state index contributed by atoms with van der Waals surface area (Å²) in [5.74, 6) is 0.985. The maximum Gasteiger partial charge on any atom is 0.230 e. The zero-order chi connectivity index (χ0) is 18.4. The third-order valence-electron chi connectivity index (χ3n) is 3.82. The number of aromatic nitrogens is 5. The van der Waals surface area contributed by atoms with Gasteiger partial charge in [0.05, 0.1) is 11.4 Å². The lowest BCUT2D eigenvalue weighted by atomic mass is 10.2. The quantitative estimate of drug-likeness (QED) is 0.470. The van der Waals surface area contributed by atoms with Crippen LogP contribution >= 0.6 is 11.8 Å². The molecule has 8 heteroatoms. The summed E-state index contributed by atoms with van der Waals surface area (Å²) in [4.78, 5) is 16.4. The molecule has 0 spiro atoms. The van der Waals surface area contributed by atoms with Crippen LogP contribution in [0.15, 0.2) is 41.6 Å². The summed E-state index contributed by atoms with van der Waals surface area (Å²) in [6.07, 6.45) is 0.844. The van der Waals surface area contributed by atoms with Gasteiger partial charge < -0.3 is 5.32 Å². The first-order valence-corrected chi connectivity index (χ1v) is 9.49. The van der Waals surface area contributed by atoms with Crippen LogP contribution in [0.4, 0.5) is 0 Å². The predicted molar refractivity (Wildman–Crippen MR) is 102 cm³/mol. The molecule has 0 saturated carbocycles. The van der Waals surface area contributed by atoms with Crippen molar-refractivity contribution in [2.24, 2.45) is 0 Å². The molecule has 0 aliphatic carbocycles. The molecule has 0 aliphatic rings. The van der Waals surface area contributed by atoms with Crippen LogP contribution in [0.25, 0.3) is 11.4 Å². The minimum absolute atomic E-state index is 0.0190. The van der Waals surface area contributed by atoms with Gasteiger partial charge >= 0.3 is 0 Å². The molecule has 26 heavy (non-hydrogen) atoms. The molecule has 7 nitrogen and oxygen atoms in total. The Kier molecular flexibility index (Phi) is 6.06. The molecule has 3 rings (SSSR count). The second-order valence-electron chi connectivity index (χ2n) is 5.98. The monoisotopic (exact) mass is 370 g/mol. The van der Waals surface area contributed by atoms with E-state index >= 15 is 0 Å². The van der Waals surface area contributed by atoms with Gasteiger partial charge in [0, 0.05) is 24.3 Å². The second-order valence-corrected chi connectivity index (χ2v) is 6.92. The van der Waals surface area contributed by atoms with Crippen molar-refractivity contribution in [2.75, 3.05) is 12.3 Å². The average molecular weight is 370 g/mol. The van der Waals surface area contributed by atoms with Gasteiger partial charge in [0.2, 0.25) is 11.1 Å². The third kappa shape index (κ3) is 4.95. The number of H-pyrrole nitrogens is 1. The topological polar surface area (TPSA) is 88.5 Å². The minimum Gasteiger partial charge on any atom is -0.355 e. The van der Waals surface area contributed by atoms with E-state index in [0.29, 0.717) is 23.3 Å². The number of aromatic amines is 1. The lowest BCUT2D eigenvalue weighted by Gasteiger charge is -2.06. The van der Waals surface area contributed by atoms with Crippen LogP contribution < -0.4 is 5.32 Å². The Hall–Kier alpha value is -2.61. The van der Waals surface area contributed by atoms with Crippen molar-refractivity contribution in [3.8, 4) is 11.4 Å². The zero-order valence-electron chi connectivity index (χ0n) is 14.9. The minimum atomic E-state index is -0.0190. The van der Waals surface area contributed by atoms with Crippen molar-refractivity contribution < 1.29 is 4.79 Å². The normalized spacial score (nSPS) is 10.8. The SMILES string of the molecule is Cc1cc(C)n(CCCNC(=O)CSc2n[nH]c(-c3ccccc3)n2)n1. The van der Waals surface area contributed by atoms with Gasteiger partial charge in [0.1, 0.15) is 0 Å². The van der Waals surface area contributed by atoms with Crippen LogP contribution in [0.1, 0.15) is 17.8 Å². The number of hydrogen-bond donors (Lipinski definition) is 2. The Labute approximate surface area is 156 Å². The number of nitrogens with one attached hydrogen (secondary N) is 2. The van der Waals surface area contributed by atoms with E-state index in [0.717, 1.165) is 29.9 Å². The summed E-state index contributed by atoms with van der Waals surface area (Å²) in [7, 11) is 0. The molecule has 0 aliphatic heterocycles. The number of rotatable bonds is 8. The molecule has 0 atom stereocenters. The number of benzene rings is 1. The maximum absolute atomic E-state index is 12.0. The first-order valence-electron chi connectivity index (χ1n) is 8.50. The average Bonchev–Trinajstić information content (AvgIpc) is 3.24. The van der Waals surface area contributed by atoms with Gasteiger partial charge in [-0.2, -0.15) is 5.10 Å². The Balaban J connectivity index is 1.38. The lowest BCUT2D eigenvalue weighted by molar-refractivity contribution is -0.118. The molecule has 1 aromatic carbocycles.